The van der Waals surface area contributed by atoms with Crippen LogP contribution >= 0.6 is 0 Å². The number of nitrogens with zero attached hydrogens (tertiary/aromatic N) is 1. The molecule has 0 spiro atoms. The molecule has 0 aliphatic heterocycles. The van der Waals surface area contributed by atoms with Gasteiger partial charge in [-0.05, 0) is 25.8 Å². The zero-order chi connectivity index (χ0) is 13.0. The predicted octanol–water partition coefficient (Wildman–Crippen LogP) is 3.06. The molecular weight excluding hydrogens is 243 g/mol. The van der Waals surface area contributed by atoms with E-state index in [0.717, 1.165) is 18.9 Å². The van der Waals surface area contributed by atoms with Crippen LogP contribution in [-0.2, 0) is 0 Å². The van der Waals surface area contributed by atoms with Crippen LogP contribution in [0.5, 0.6) is 0 Å². The fourth-order valence-corrected chi connectivity index (χ4v) is 2.20. The minimum atomic E-state index is -1.53. The second-order valence-corrected chi connectivity index (χ2v) is 4.66. The molecule has 2 aromatic rings. The fraction of sp³-hybridized carbons (Fsp3) is 0.308. The Morgan fingerprint density at radius 3 is 2.50 bits per heavy atom. The summed E-state index contributed by atoms with van der Waals surface area (Å²) in [6, 6.07) is 0.855. The van der Waals surface area contributed by atoms with E-state index in [1.165, 1.54) is 6.20 Å². The highest BCUT2D eigenvalue weighted by Crippen LogP contribution is 2.37. The van der Waals surface area contributed by atoms with Gasteiger partial charge in [-0.2, -0.15) is 0 Å². The molecule has 18 heavy (non-hydrogen) atoms. The van der Waals surface area contributed by atoms with E-state index in [-0.39, 0.29) is 16.9 Å². The van der Waals surface area contributed by atoms with Gasteiger partial charge in [0.05, 0.1) is 10.9 Å². The monoisotopic (exact) mass is 253 g/mol. The van der Waals surface area contributed by atoms with Crippen LogP contribution in [0.4, 0.5) is 13.2 Å². The maximum absolute atomic E-state index is 13.8. The number of aromatic nitrogens is 1. The van der Waals surface area contributed by atoms with Crippen molar-refractivity contribution in [2.45, 2.75) is 25.8 Å². The molecule has 0 bridgehead atoms. The molecule has 1 aromatic carbocycles. The fourth-order valence-electron chi connectivity index (χ4n) is 2.20. The van der Waals surface area contributed by atoms with Crippen molar-refractivity contribution >= 4 is 10.9 Å². The van der Waals surface area contributed by atoms with E-state index in [9.17, 15) is 18.0 Å². The summed E-state index contributed by atoms with van der Waals surface area (Å²) >= 11 is 0. The van der Waals surface area contributed by atoms with E-state index in [1.807, 2.05) is 0 Å². The molecule has 1 aliphatic carbocycles. The summed E-state index contributed by atoms with van der Waals surface area (Å²) in [5.41, 5.74) is -0.188. The Balaban J connectivity index is 2.53. The third-order valence-electron chi connectivity index (χ3n) is 3.27. The lowest BCUT2D eigenvalue weighted by Gasteiger charge is -2.12. The predicted molar refractivity (Wildman–Crippen MR) is 61.1 cm³/mol. The second kappa shape index (κ2) is 3.60. The Morgan fingerprint density at radius 2 is 1.89 bits per heavy atom. The molecule has 0 saturated heterocycles. The van der Waals surface area contributed by atoms with Gasteiger partial charge in [-0.15, -0.1) is 0 Å². The SMILES string of the molecule is Cc1cn(C2CC2)c2c(F)c(F)c(F)cc2c1=O. The first-order valence-corrected chi connectivity index (χ1v) is 5.69. The lowest BCUT2D eigenvalue weighted by Crippen LogP contribution is -2.14. The Kier molecular flexibility index (Phi) is 2.27. The number of aryl methyl sites for hydroxylation is 1. The highest BCUT2D eigenvalue weighted by atomic mass is 19.2. The summed E-state index contributed by atoms with van der Waals surface area (Å²) in [5, 5.41) is -0.0988. The van der Waals surface area contributed by atoms with Gasteiger partial charge in [0.2, 0.25) is 0 Å². The maximum atomic E-state index is 13.8. The minimum absolute atomic E-state index is 0.0751. The van der Waals surface area contributed by atoms with Crippen LogP contribution in [-0.4, -0.2) is 4.57 Å². The smallest absolute Gasteiger partial charge is 0.196 e. The number of hydrogen-bond acceptors (Lipinski definition) is 1. The van der Waals surface area contributed by atoms with Crippen LogP contribution in [0.1, 0.15) is 24.4 Å². The Labute approximate surface area is 101 Å². The molecule has 2 nitrogen and oxygen atoms in total. The summed E-state index contributed by atoms with van der Waals surface area (Å²) in [6.45, 7) is 1.58. The number of hydrogen-bond donors (Lipinski definition) is 0. The summed E-state index contributed by atoms with van der Waals surface area (Å²) in [7, 11) is 0. The molecule has 5 heteroatoms. The first-order valence-electron chi connectivity index (χ1n) is 5.69. The molecule has 1 aliphatic rings. The largest absolute Gasteiger partial charge is 0.341 e. The molecule has 94 valence electrons. The summed E-state index contributed by atoms with van der Waals surface area (Å²) in [5.74, 6) is -4.14. The van der Waals surface area contributed by atoms with Crippen molar-refractivity contribution in [1.29, 1.82) is 0 Å². The van der Waals surface area contributed by atoms with Gasteiger partial charge in [-0.1, -0.05) is 0 Å². The average molecular weight is 253 g/mol. The van der Waals surface area contributed by atoms with Crippen LogP contribution in [0, 0.1) is 24.4 Å². The quantitative estimate of drug-likeness (QED) is 0.716. The van der Waals surface area contributed by atoms with Gasteiger partial charge in [0, 0.05) is 17.8 Å². The first kappa shape index (κ1) is 11.3. The minimum Gasteiger partial charge on any atom is -0.341 e. The molecule has 0 unspecified atom stereocenters. The average Bonchev–Trinajstić information content (AvgIpc) is 3.15. The highest BCUT2D eigenvalue weighted by Gasteiger charge is 2.28. The van der Waals surface area contributed by atoms with Crippen LogP contribution in [0.2, 0.25) is 0 Å². The molecule has 1 saturated carbocycles. The molecule has 0 amide bonds. The number of pyridine rings is 1. The van der Waals surface area contributed by atoms with Crippen molar-refractivity contribution in [3.63, 3.8) is 0 Å². The van der Waals surface area contributed by atoms with Crippen LogP contribution in [0.15, 0.2) is 17.1 Å². The van der Waals surface area contributed by atoms with Gasteiger partial charge in [0.1, 0.15) is 0 Å². The van der Waals surface area contributed by atoms with Gasteiger partial charge in [0.15, 0.2) is 22.9 Å². The number of halogens is 3. The van der Waals surface area contributed by atoms with Gasteiger partial charge < -0.3 is 4.57 Å². The molecule has 0 N–H and O–H groups in total. The van der Waals surface area contributed by atoms with E-state index in [1.54, 1.807) is 11.5 Å². The number of fused-ring (bicyclic) bond motifs is 1. The van der Waals surface area contributed by atoms with E-state index >= 15 is 0 Å². The summed E-state index contributed by atoms with van der Waals surface area (Å²) in [4.78, 5) is 11.9. The molecule has 1 heterocycles. The second-order valence-electron chi connectivity index (χ2n) is 4.66. The Bertz CT molecular complexity index is 716. The third kappa shape index (κ3) is 1.46. The molecule has 0 atom stereocenters. The zero-order valence-corrected chi connectivity index (χ0v) is 9.64. The van der Waals surface area contributed by atoms with Crippen molar-refractivity contribution in [2.24, 2.45) is 0 Å². The highest BCUT2D eigenvalue weighted by molar-refractivity contribution is 5.80. The zero-order valence-electron chi connectivity index (χ0n) is 9.64. The number of benzene rings is 1. The lowest BCUT2D eigenvalue weighted by atomic mass is 10.1. The molecule has 1 fully saturated rings. The molecule has 1 aromatic heterocycles. The van der Waals surface area contributed by atoms with Crippen molar-refractivity contribution < 1.29 is 13.2 Å². The normalized spacial score (nSPS) is 15.3. The van der Waals surface area contributed by atoms with Crippen molar-refractivity contribution in [1.82, 2.24) is 4.57 Å². The maximum Gasteiger partial charge on any atom is 0.196 e. The van der Waals surface area contributed by atoms with Gasteiger partial charge >= 0.3 is 0 Å². The standard InChI is InChI=1S/C13H10F3NO/c1-6-5-17(7-2-3-7)12-8(13(6)18)4-9(14)10(15)11(12)16/h4-5,7H,2-3H2,1H3. The van der Waals surface area contributed by atoms with Gasteiger partial charge in [-0.25, -0.2) is 13.2 Å². The van der Waals surface area contributed by atoms with E-state index in [0.29, 0.717) is 5.56 Å². The number of rotatable bonds is 1. The molecular formula is C13H10F3NO. The van der Waals surface area contributed by atoms with Crippen LogP contribution < -0.4 is 5.43 Å². The third-order valence-corrected chi connectivity index (χ3v) is 3.27. The molecule has 0 radical (unpaired) electrons. The van der Waals surface area contributed by atoms with Gasteiger partial charge in [0.25, 0.3) is 0 Å². The van der Waals surface area contributed by atoms with Gasteiger partial charge in [-0.3, -0.25) is 4.79 Å². The Morgan fingerprint density at radius 1 is 1.22 bits per heavy atom. The topological polar surface area (TPSA) is 22.0 Å². The van der Waals surface area contributed by atoms with E-state index < -0.39 is 22.9 Å². The lowest BCUT2D eigenvalue weighted by molar-refractivity contribution is 0.450. The summed E-state index contributed by atoms with van der Waals surface area (Å²) < 4.78 is 41.9. The van der Waals surface area contributed by atoms with E-state index in [4.69, 9.17) is 0 Å². The summed E-state index contributed by atoms with van der Waals surface area (Å²) in [6.07, 6.45) is 3.23. The van der Waals surface area contributed by atoms with Crippen molar-refractivity contribution in [3.8, 4) is 0 Å². The first-order chi connectivity index (χ1) is 8.50. The van der Waals surface area contributed by atoms with Crippen LogP contribution in [0.3, 0.4) is 0 Å². The van der Waals surface area contributed by atoms with Crippen LogP contribution in [0.25, 0.3) is 10.9 Å². The Hall–Kier alpha value is -1.78. The van der Waals surface area contributed by atoms with Crippen molar-refractivity contribution in [3.05, 3.63) is 45.5 Å². The molecule has 3 rings (SSSR count). The van der Waals surface area contributed by atoms with E-state index in [2.05, 4.69) is 0 Å². The van der Waals surface area contributed by atoms with Crippen molar-refractivity contribution in [2.75, 3.05) is 0 Å².